The van der Waals surface area contributed by atoms with Gasteiger partial charge in [-0.05, 0) is 36.8 Å². The molecule has 0 unspecified atom stereocenters. The third-order valence-electron chi connectivity index (χ3n) is 4.79. The topological polar surface area (TPSA) is 108 Å². The molecular weight excluding hydrogens is 384 g/mol. The number of Topliss-reactive ketones (excluding diaryl/α,β-unsaturated/α-hetero) is 1. The Morgan fingerprint density at radius 1 is 1.03 bits per heavy atom. The van der Waals surface area contributed by atoms with Crippen LogP contribution in [0.25, 0.3) is 0 Å². The third-order valence-corrected chi connectivity index (χ3v) is 4.79. The number of nitrogen functional groups attached to an aromatic ring is 1. The summed E-state index contributed by atoms with van der Waals surface area (Å²) in [6.07, 6.45) is 0. The van der Waals surface area contributed by atoms with E-state index in [-0.39, 0.29) is 31.0 Å². The first-order valence-electron chi connectivity index (χ1n) is 9.54. The maximum atomic E-state index is 12.9. The van der Waals surface area contributed by atoms with Crippen molar-refractivity contribution < 1.29 is 9.53 Å². The van der Waals surface area contributed by atoms with E-state index in [1.165, 1.54) is 4.57 Å². The quantitative estimate of drug-likeness (QED) is 0.552. The van der Waals surface area contributed by atoms with E-state index in [0.29, 0.717) is 11.4 Å². The molecule has 0 aliphatic rings. The van der Waals surface area contributed by atoms with Crippen LogP contribution < -0.4 is 27.0 Å². The summed E-state index contributed by atoms with van der Waals surface area (Å²) in [5, 5.41) is 2.97. The first-order chi connectivity index (χ1) is 14.5. The largest absolute Gasteiger partial charge is 0.497 e. The van der Waals surface area contributed by atoms with Crippen molar-refractivity contribution in [1.29, 1.82) is 0 Å². The molecule has 0 atom stereocenters. The van der Waals surface area contributed by atoms with Gasteiger partial charge in [-0.2, -0.15) is 0 Å². The molecule has 0 bridgehead atoms. The minimum Gasteiger partial charge on any atom is -0.497 e. The van der Waals surface area contributed by atoms with E-state index in [0.717, 1.165) is 10.1 Å². The zero-order chi connectivity index (χ0) is 21.7. The summed E-state index contributed by atoms with van der Waals surface area (Å²) in [4.78, 5) is 38.4. The van der Waals surface area contributed by atoms with Crippen molar-refractivity contribution in [1.82, 2.24) is 9.13 Å². The predicted molar refractivity (Wildman–Crippen MR) is 116 cm³/mol. The molecule has 30 heavy (non-hydrogen) atoms. The fourth-order valence-electron chi connectivity index (χ4n) is 3.15. The van der Waals surface area contributed by atoms with E-state index in [1.807, 2.05) is 30.3 Å². The smallest absolute Gasteiger partial charge is 0.332 e. The Morgan fingerprint density at radius 2 is 1.70 bits per heavy atom. The lowest BCUT2D eigenvalue weighted by Crippen LogP contribution is -2.44. The molecule has 2 aromatic carbocycles. The maximum absolute atomic E-state index is 12.9. The Morgan fingerprint density at radius 3 is 2.30 bits per heavy atom. The normalized spacial score (nSPS) is 10.6. The van der Waals surface area contributed by atoms with Crippen LogP contribution in [0.3, 0.4) is 0 Å². The number of nitrogens with zero attached hydrogens (tertiary/aromatic N) is 2. The highest BCUT2D eigenvalue weighted by Gasteiger charge is 2.22. The van der Waals surface area contributed by atoms with E-state index in [2.05, 4.69) is 5.32 Å². The van der Waals surface area contributed by atoms with Crippen LogP contribution in [0.15, 0.2) is 64.2 Å². The van der Waals surface area contributed by atoms with E-state index in [9.17, 15) is 14.4 Å². The Hall–Kier alpha value is -3.81. The van der Waals surface area contributed by atoms with Crippen molar-refractivity contribution in [3.05, 3.63) is 86.6 Å². The first kappa shape index (κ1) is 20.9. The summed E-state index contributed by atoms with van der Waals surface area (Å²) in [6, 6.07) is 16.3. The van der Waals surface area contributed by atoms with Gasteiger partial charge in [-0.3, -0.25) is 18.7 Å². The monoisotopic (exact) mass is 408 g/mol. The number of carbonyl (C=O) groups excluding carboxylic acids is 1. The van der Waals surface area contributed by atoms with Crippen molar-refractivity contribution in [2.75, 3.05) is 24.7 Å². The fourth-order valence-corrected chi connectivity index (χ4v) is 3.15. The standard InChI is InChI=1S/C22H24N4O4/c1-3-25-21(28)19(18(27)13-24-16-9-11-17(30-2)12-10-16)20(23)26(22(25)29)14-15-7-5-4-6-8-15/h4-12,24H,3,13-14,23H2,1-2H3. The van der Waals surface area contributed by atoms with Crippen LogP contribution in [-0.4, -0.2) is 28.6 Å². The van der Waals surface area contributed by atoms with Gasteiger partial charge >= 0.3 is 5.69 Å². The van der Waals surface area contributed by atoms with Crippen LogP contribution in [0.5, 0.6) is 5.75 Å². The number of nitrogens with two attached hydrogens (primary N) is 1. The predicted octanol–water partition coefficient (Wildman–Crippen LogP) is 1.96. The van der Waals surface area contributed by atoms with Gasteiger partial charge in [0.2, 0.25) is 0 Å². The van der Waals surface area contributed by atoms with Gasteiger partial charge in [0, 0.05) is 12.2 Å². The van der Waals surface area contributed by atoms with Crippen LogP contribution >= 0.6 is 0 Å². The van der Waals surface area contributed by atoms with Crippen molar-refractivity contribution in [2.24, 2.45) is 0 Å². The van der Waals surface area contributed by atoms with E-state index in [4.69, 9.17) is 10.5 Å². The second-order valence-corrected chi connectivity index (χ2v) is 6.67. The molecule has 1 aromatic heterocycles. The van der Waals surface area contributed by atoms with Crippen molar-refractivity contribution in [3.63, 3.8) is 0 Å². The first-order valence-corrected chi connectivity index (χ1v) is 9.54. The van der Waals surface area contributed by atoms with Crippen LogP contribution in [-0.2, 0) is 13.1 Å². The summed E-state index contributed by atoms with van der Waals surface area (Å²) in [5.41, 5.74) is 6.27. The number of ether oxygens (including phenoxy) is 1. The number of anilines is 2. The van der Waals surface area contributed by atoms with Gasteiger partial charge in [-0.25, -0.2) is 4.79 Å². The molecule has 0 aliphatic heterocycles. The molecular formula is C22H24N4O4. The number of methoxy groups -OCH3 is 1. The van der Waals surface area contributed by atoms with Gasteiger partial charge in [0.05, 0.1) is 20.2 Å². The number of benzene rings is 2. The van der Waals surface area contributed by atoms with Crippen LogP contribution in [0, 0.1) is 0 Å². The van der Waals surface area contributed by atoms with E-state index < -0.39 is 17.0 Å². The van der Waals surface area contributed by atoms with Crippen LogP contribution in [0.4, 0.5) is 11.5 Å². The number of hydrogen-bond acceptors (Lipinski definition) is 6. The molecule has 0 amide bonds. The molecule has 0 aliphatic carbocycles. The van der Waals surface area contributed by atoms with Crippen molar-refractivity contribution >= 4 is 17.3 Å². The molecule has 8 heteroatoms. The summed E-state index contributed by atoms with van der Waals surface area (Å²) in [5.74, 6) is 0.0763. The number of nitrogens with one attached hydrogen (secondary N) is 1. The average molecular weight is 408 g/mol. The molecule has 0 saturated carbocycles. The zero-order valence-corrected chi connectivity index (χ0v) is 16.9. The highest BCUT2D eigenvalue weighted by molar-refractivity contribution is 6.02. The van der Waals surface area contributed by atoms with Gasteiger partial charge in [0.25, 0.3) is 5.56 Å². The molecule has 3 rings (SSSR count). The number of aromatic nitrogens is 2. The van der Waals surface area contributed by atoms with Gasteiger partial charge in [0.1, 0.15) is 17.1 Å². The minimum atomic E-state index is -0.675. The summed E-state index contributed by atoms with van der Waals surface area (Å²) in [6.45, 7) is 1.84. The van der Waals surface area contributed by atoms with Crippen molar-refractivity contribution in [2.45, 2.75) is 20.0 Å². The number of hydrogen-bond donors (Lipinski definition) is 2. The second-order valence-electron chi connectivity index (χ2n) is 6.67. The Labute approximate surface area is 173 Å². The minimum absolute atomic E-state index is 0.125. The summed E-state index contributed by atoms with van der Waals surface area (Å²) in [7, 11) is 1.57. The lowest BCUT2D eigenvalue weighted by atomic mass is 10.1. The molecule has 156 valence electrons. The van der Waals surface area contributed by atoms with Gasteiger partial charge in [0.15, 0.2) is 5.78 Å². The molecule has 0 radical (unpaired) electrons. The number of rotatable bonds is 8. The van der Waals surface area contributed by atoms with E-state index in [1.54, 1.807) is 38.3 Å². The highest BCUT2D eigenvalue weighted by Crippen LogP contribution is 2.15. The zero-order valence-electron chi connectivity index (χ0n) is 16.9. The van der Waals surface area contributed by atoms with Crippen LogP contribution in [0.2, 0.25) is 0 Å². The molecule has 0 saturated heterocycles. The Bertz CT molecular complexity index is 1150. The highest BCUT2D eigenvalue weighted by atomic mass is 16.5. The number of ketones is 1. The molecule has 8 nitrogen and oxygen atoms in total. The maximum Gasteiger partial charge on any atom is 0.332 e. The van der Waals surface area contributed by atoms with Gasteiger partial charge in [-0.1, -0.05) is 30.3 Å². The molecule has 3 aromatic rings. The molecule has 0 fully saturated rings. The second kappa shape index (κ2) is 9.13. The van der Waals surface area contributed by atoms with Crippen LogP contribution in [0.1, 0.15) is 22.8 Å². The lowest BCUT2D eigenvalue weighted by molar-refractivity contribution is 0.100. The summed E-state index contributed by atoms with van der Waals surface area (Å²) < 4.78 is 7.40. The number of carbonyl (C=O) groups is 1. The Kier molecular flexibility index (Phi) is 6.36. The SMILES string of the molecule is CCn1c(=O)c(C(=O)CNc2ccc(OC)cc2)c(N)n(Cc2ccccc2)c1=O. The average Bonchev–Trinajstić information content (AvgIpc) is 2.76. The molecule has 3 N–H and O–H groups in total. The van der Waals surface area contributed by atoms with Gasteiger partial charge < -0.3 is 15.8 Å². The summed E-state index contributed by atoms with van der Waals surface area (Å²) >= 11 is 0. The lowest BCUT2D eigenvalue weighted by Gasteiger charge is -2.16. The van der Waals surface area contributed by atoms with Crippen molar-refractivity contribution in [3.8, 4) is 5.75 Å². The van der Waals surface area contributed by atoms with E-state index >= 15 is 0 Å². The fraction of sp³-hybridized carbons (Fsp3) is 0.227. The van der Waals surface area contributed by atoms with Gasteiger partial charge in [-0.15, -0.1) is 0 Å². The Balaban J connectivity index is 1.94. The third kappa shape index (κ3) is 4.27. The molecule has 0 spiro atoms. The molecule has 1 heterocycles.